The fraction of sp³-hybridized carbons (Fsp3) is 0.688. The van der Waals surface area contributed by atoms with Crippen LogP contribution in [0.15, 0.2) is 22.8 Å². The number of likely N-dealkylation sites (tertiary alicyclic amines) is 1. The molecule has 2 heterocycles. The minimum atomic E-state index is -0.425. The zero-order chi connectivity index (χ0) is 15.5. The van der Waals surface area contributed by atoms with Gasteiger partial charge in [-0.1, -0.05) is 0 Å². The van der Waals surface area contributed by atoms with Gasteiger partial charge in [0.25, 0.3) is 0 Å². The van der Waals surface area contributed by atoms with Crippen molar-refractivity contribution in [3.8, 4) is 0 Å². The van der Waals surface area contributed by atoms with Crippen molar-refractivity contribution in [3.05, 3.63) is 24.2 Å². The Kier molecular flexibility index (Phi) is 4.93. The molecule has 1 aliphatic rings. The number of rotatable bonds is 5. The van der Waals surface area contributed by atoms with Gasteiger partial charge >= 0.3 is 6.09 Å². The Labute approximate surface area is 126 Å². The van der Waals surface area contributed by atoms with E-state index in [9.17, 15) is 4.79 Å². The zero-order valence-corrected chi connectivity index (χ0v) is 13.4. The van der Waals surface area contributed by atoms with Crippen molar-refractivity contribution in [2.75, 3.05) is 13.1 Å². The number of carbonyl (C=O) groups excluding carboxylic acids is 1. The highest BCUT2D eigenvalue weighted by Gasteiger charge is 2.33. The maximum absolute atomic E-state index is 11.8. The van der Waals surface area contributed by atoms with Gasteiger partial charge in [0, 0.05) is 31.6 Å². The molecule has 1 fully saturated rings. The smallest absolute Gasteiger partial charge is 0.410 e. The minimum Gasteiger partial charge on any atom is -0.469 e. The molecule has 1 aromatic rings. The average molecular weight is 294 g/mol. The van der Waals surface area contributed by atoms with E-state index in [1.54, 1.807) is 11.2 Å². The lowest BCUT2D eigenvalue weighted by Crippen LogP contribution is -2.62. The Bertz CT molecular complexity index is 445. The summed E-state index contributed by atoms with van der Waals surface area (Å²) in [6.07, 6.45) is 3.45. The number of carbonyl (C=O) groups is 1. The monoisotopic (exact) mass is 294 g/mol. The van der Waals surface area contributed by atoms with Crippen molar-refractivity contribution in [2.24, 2.45) is 0 Å². The summed E-state index contributed by atoms with van der Waals surface area (Å²) in [5.74, 6) is 1.02. The molecule has 0 radical (unpaired) electrons. The van der Waals surface area contributed by atoms with Crippen molar-refractivity contribution in [1.82, 2.24) is 10.2 Å². The first-order valence-corrected chi connectivity index (χ1v) is 7.60. The van der Waals surface area contributed by atoms with Crippen LogP contribution in [0.2, 0.25) is 0 Å². The molecule has 0 aliphatic carbocycles. The molecular formula is C16H26N2O3. The summed E-state index contributed by atoms with van der Waals surface area (Å²) in [6, 6.07) is 4.68. The van der Waals surface area contributed by atoms with Crippen molar-refractivity contribution in [3.63, 3.8) is 0 Å². The summed E-state index contributed by atoms with van der Waals surface area (Å²) in [7, 11) is 0. The molecule has 1 atom stereocenters. The van der Waals surface area contributed by atoms with Gasteiger partial charge in [0.2, 0.25) is 0 Å². The summed E-state index contributed by atoms with van der Waals surface area (Å²) in [4.78, 5) is 13.6. The van der Waals surface area contributed by atoms with E-state index in [0.717, 1.165) is 31.7 Å². The normalized spacial score (nSPS) is 17.4. The molecule has 118 valence electrons. The van der Waals surface area contributed by atoms with Gasteiger partial charge in [-0.05, 0) is 46.2 Å². The van der Waals surface area contributed by atoms with Gasteiger partial charge in [0.05, 0.1) is 6.26 Å². The van der Waals surface area contributed by atoms with E-state index in [1.807, 2.05) is 32.9 Å². The van der Waals surface area contributed by atoms with Gasteiger partial charge < -0.3 is 19.4 Å². The number of ether oxygens (including phenoxy) is 1. The van der Waals surface area contributed by atoms with Crippen LogP contribution in [-0.4, -0.2) is 41.8 Å². The largest absolute Gasteiger partial charge is 0.469 e. The average Bonchev–Trinajstić information content (AvgIpc) is 2.81. The minimum absolute atomic E-state index is 0.219. The first-order chi connectivity index (χ1) is 9.83. The lowest BCUT2D eigenvalue weighted by molar-refractivity contribution is 0.00426. The van der Waals surface area contributed by atoms with E-state index >= 15 is 0 Å². The SMILES string of the molecule is CC(CCc1ccco1)NC1CN(C(=O)OC(C)(C)C)C1. The summed E-state index contributed by atoms with van der Waals surface area (Å²) >= 11 is 0. The second-order valence-electron chi connectivity index (χ2n) is 6.77. The Morgan fingerprint density at radius 1 is 1.52 bits per heavy atom. The van der Waals surface area contributed by atoms with Gasteiger partial charge in [0.1, 0.15) is 11.4 Å². The molecule has 1 aromatic heterocycles. The van der Waals surface area contributed by atoms with Gasteiger partial charge in [-0.15, -0.1) is 0 Å². The first-order valence-electron chi connectivity index (χ1n) is 7.60. The van der Waals surface area contributed by atoms with Gasteiger partial charge in [-0.25, -0.2) is 4.79 Å². The molecule has 1 N–H and O–H groups in total. The van der Waals surface area contributed by atoms with Crippen LogP contribution in [0.3, 0.4) is 0 Å². The van der Waals surface area contributed by atoms with Gasteiger partial charge in [-0.2, -0.15) is 0 Å². The zero-order valence-electron chi connectivity index (χ0n) is 13.4. The molecule has 0 aromatic carbocycles. The molecule has 5 heteroatoms. The number of nitrogens with one attached hydrogen (secondary N) is 1. The van der Waals surface area contributed by atoms with Crippen molar-refractivity contribution in [1.29, 1.82) is 0 Å². The number of nitrogens with zero attached hydrogens (tertiary/aromatic N) is 1. The highest BCUT2D eigenvalue weighted by Crippen LogP contribution is 2.16. The predicted octanol–water partition coefficient (Wildman–Crippen LogP) is 2.81. The first kappa shape index (κ1) is 15.9. The van der Waals surface area contributed by atoms with Crippen LogP contribution >= 0.6 is 0 Å². The second kappa shape index (κ2) is 6.52. The van der Waals surface area contributed by atoms with Crippen LogP contribution in [-0.2, 0) is 11.2 Å². The van der Waals surface area contributed by atoms with E-state index in [2.05, 4.69) is 12.2 Å². The Balaban J connectivity index is 1.62. The number of furan rings is 1. The third-order valence-corrected chi connectivity index (χ3v) is 3.46. The van der Waals surface area contributed by atoms with E-state index in [1.165, 1.54) is 0 Å². The van der Waals surface area contributed by atoms with E-state index in [4.69, 9.17) is 9.15 Å². The van der Waals surface area contributed by atoms with E-state index in [-0.39, 0.29) is 6.09 Å². The van der Waals surface area contributed by atoms with Crippen LogP contribution in [0, 0.1) is 0 Å². The molecule has 1 unspecified atom stereocenters. The Morgan fingerprint density at radius 3 is 2.81 bits per heavy atom. The summed E-state index contributed by atoms with van der Waals surface area (Å²) < 4.78 is 10.7. The van der Waals surface area contributed by atoms with E-state index in [0.29, 0.717) is 12.1 Å². The molecule has 21 heavy (non-hydrogen) atoms. The standard InChI is InChI=1S/C16H26N2O3/c1-12(7-8-14-6-5-9-20-14)17-13-10-18(11-13)15(19)21-16(2,3)4/h5-6,9,12-13,17H,7-8,10-11H2,1-4H3. The predicted molar refractivity (Wildman–Crippen MR) is 81.2 cm³/mol. The number of hydrogen-bond acceptors (Lipinski definition) is 4. The molecule has 1 saturated heterocycles. The van der Waals surface area contributed by atoms with Crippen LogP contribution in [0.4, 0.5) is 4.79 Å². The molecule has 0 bridgehead atoms. The van der Waals surface area contributed by atoms with Crippen LogP contribution < -0.4 is 5.32 Å². The summed E-state index contributed by atoms with van der Waals surface area (Å²) in [5, 5.41) is 3.54. The van der Waals surface area contributed by atoms with Crippen LogP contribution in [0.25, 0.3) is 0 Å². The number of aryl methyl sites for hydroxylation is 1. The Hall–Kier alpha value is -1.49. The Morgan fingerprint density at radius 2 is 2.24 bits per heavy atom. The van der Waals surface area contributed by atoms with E-state index < -0.39 is 5.60 Å². The highest BCUT2D eigenvalue weighted by atomic mass is 16.6. The fourth-order valence-electron chi connectivity index (χ4n) is 2.36. The quantitative estimate of drug-likeness (QED) is 0.907. The lowest BCUT2D eigenvalue weighted by atomic mass is 10.1. The van der Waals surface area contributed by atoms with Crippen LogP contribution in [0.1, 0.15) is 39.9 Å². The number of amides is 1. The highest BCUT2D eigenvalue weighted by molar-refractivity contribution is 5.69. The molecule has 5 nitrogen and oxygen atoms in total. The molecule has 0 saturated carbocycles. The third-order valence-electron chi connectivity index (χ3n) is 3.46. The van der Waals surface area contributed by atoms with Crippen LogP contribution in [0.5, 0.6) is 0 Å². The maximum atomic E-state index is 11.8. The van der Waals surface area contributed by atoms with Crippen molar-refractivity contribution < 1.29 is 13.9 Å². The summed E-state index contributed by atoms with van der Waals surface area (Å²) in [5.41, 5.74) is -0.425. The molecule has 0 spiro atoms. The molecule has 2 rings (SSSR count). The second-order valence-corrected chi connectivity index (χ2v) is 6.77. The molecule has 1 amide bonds. The van der Waals surface area contributed by atoms with Crippen molar-refractivity contribution >= 4 is 6.09 Å². The van der Waals surface area contributed by atoms with Gasteiger partial charge in [0.15, 0.2) is 0 Å². The number of hydrogen-bond donors (Lipinski definition) is 1. The van der Waals surface area contributed by atoms with Crippen molar-refractivity contribution in [2.45, 2.75) is 58.2 Å². The topological polar surface area (TPSA) is 54.7 Å². The van der Waals surface area contributed by atoms with Gasteiger partial charge in [-0.3, -0.25) is 0 Å². The fourth-order valence-corrected chi connectivity index (χ4v) is 2.36. The third kappa shape index (κ3) is 5.08. The lowest BCUT2D eigenvalue weighted by Gasteiger charge is -2.41. The molecule has 1 aliphatic heterocycles. The maximum Gasteiger partial charge on any atom is 0.410 e. The summed E-state index contributed by atoms with van der Waals surface area (Å²) in [6.45, 7) is 9.27. The molecular weight excluding hydrogens is 268 g/mol.